The van der Waals surface area contributed by atoms with E-state index in [0.29, 0.717) is 38.3 Å². The first-order valence-electron chi connectivity index (χ1n) is 9.19. The van der Waals surface area contributed by atoms with Crippen molar-refractivity contribution in [2.45, 2.75) is 12.8 Å². The van der Waals surface area contributed by atoms with E-state index in [1.54, 1.807) is 24.4 Å². The average molecular weight is 385 g/mol. The van der Waals surface area contributed by atoms with Crippen LogP contribution in [0, 0.1) is 10.1 Å². The van der Waals surface area contributed by atoms with Crippen molar-refractivity contribution >= 4 is 28.8 Å². The number of carbonyl (C=O) groups excluding carboxylic acids is 1. The molecule has 9 heteroatoms. The predicted molar refractivity (Wildman–Crippen MR) is 107 cm³/mol. The molecule has 148 valence electrons. The van der Waals surface area contributed by atoms with Crippen molar-refractivity contribution in [1.29, 1.82) is 0 Å². The van der Waals surface area contributed by atoms with E-state index in [4.69, 9.17) is 4.74 Å². The maximum Gasteiger partial charge on any atom is 0.269 e. The molecular weight excluding hydrogens is 362 g/mol. The zero-order valence-corrected chi connectivity index (χ0v) is 15.5. The van der Waals surface area contributed by atoms with Gasteiger partial charge in [-0.05, 0) is 30.7 Å². The number of morpholine rings is 1. The maximum absolute atomic E-state index is 12.3. The summed E-state index contributed by atoms with van der Waals surface area (Å²) in [6, 6.07) is 9.86. The van der Waals surface area contributed by atoms with Crippen LogP contribution in [0.25, 0.3) is 0 Å². The van der Waals surface area contributed by atoms with Gasteiger partial charge in [-0.15, -0.1) is 0 Å². The molecule has 1 amide bonds. The number of nitro benzene ring substituents is 1. The molecule has 1 fully saturated rings. The third-order valence-electron chi connectivity index (χ3n) is 4.36. The molecule has 0 atom stereocenters. The molecule has 2 N–H and O–H groups in total. The normalized spacial score (nSPS) is 13.8. The van der Waals surface area contributed by atoms with E-state index in [0.717, 1.165) is 24.6 Å². The fraction of sp³-hybridized carbons (Fsp3) is 0.368. The van der Waals surface area contributed by atoms with Crippen LogP contribution in [-0.4, -0.2) is 48.7 Å². The number of anilines is 3. The molecule has 1 aromatic heterocycles. The zero-order valence-electron chi connectivity index (χ0n) is 15.5. The summed E-state index contributed by atoms with van der Waals surface area (Å²) in [5, 5.41) is 16.7. The van der Waals surface area contributed by atoms with Crippen LogP contribution in [0.15, 0.2) is 42.6 Å². The molecule has 2 aromatic rings. The number of nitrogens with one attached hydrogen (secondary N) is 2. The summed E-state index contributed by atoms with van der Waals surface area (Å²) in [7, 11) is 0. The van der Waals surface area contributed by atoms with E-state index in [-0.39, 0.29) is 11.6 Å². The first-order chi connectivity index (χ1) is 13.6. The Morgan fingerprint density at radius 1 is 1.21 bits per heavy atom. The topological polar surface area (TPSA) is 110 Å². The lowest BCUT2D eigenvalue weighted by Gasteiger charge is -2.29. The van der Waals surface area contributed by atoms with Crippen LogP contribution in [0.2, 0.25) is 0 Å². The van der Waals surface area contributed by atoms with E-state index < -0.39 is 4.92 Å². The van der Waals surface area contributed by atoms with Gasteiger partial charge >= 0.3 is 0 Å². The van der Waals surface area contributed by atoms with Gasteiger partial charge in [0.2, 0.25) is 5.91 Å². The molecular formula is C19H23N5O4. The van der Waals surface area contributed by atoms with Crippen LogP contribution in [-0.2, 0) is 9.53 Å². The van der Waals surface area contributed by atoms with Gasteiger partial charge in [-0.1, -0.05) is 0 Å². The summed E-state index contributed by atoms with van der Waals surface area (Å²) >= 11 is 0. The van der Waals surface area contributed by atoms with Gasteiger partial charge in [0.1, 0.15) is 0 Å². The highest BCUT2D eigenvalue weighted by Crippen LogP contribution is 2.23. The molecule has 3 rings (SSSR count). The molecule has 1 saturated heterocycles. The lowest BCUT2D eigenvalue weighted by molar-refractivity contribution is -0.384. The number of hydrogen-bond acceptors (Lipinski definition) is 7. The van der Waals surface area contributed by atoms with Gasteiger partial charge in [0.05, 0.1) is 23.8 Å². The molecule has 0 unspecified atom stereocenters. The molecule has 0 aliphatic carbocycles. The molecule has 0 saturated carbocycles. The number of carbonyl (C=O) groups is 1. The van der Waals surface area contributed by atoms with Gasteiger partial charge in [-0.3, -0.25) is 14.9 Å². The van der Waals surface area contributed by atoms with Gasteiger partial charge in [0.15, 0.2) is 5.82 Å². The second kappa shape index (κ2) is 9.65. The number of nitrogens with zero attached hydrogens (tertiary/aromatic N) is 3. The van der Waals surface area contributed by atoms with Crippen LogP contribution in [0.1, 0.15) is 12.8 Å². The number of nitro groups is 1. The molecule has 1 aliphatic heterocycles. The molecule has 0 radical (unpaired) electrons. The molecule has 1 aliphatic rings. The minimum Gasteiger partial charge on any atom is -0.385 e. The second-order valence-electron chi connectivity index (χ2n) is 6.36. The minimum absolute atomic E-state index is 0.0532. The Kier molecular flexibility index (Phi) is 6.74. The molecule has 28 heavy (non-hydrogen) atoms. The summed E-state index contributed by atoms with van der Waals surface area (Å²) in [5.41, 5.74) is 1.54. The number of hydrogen-bond donors (Lipinski definition) is 2. The van der Waals surface area contributed by atoms with Gasteiger partial charge < -0.3 is 20.3 Å². The Morgan fingerprint density at radius 3 is 2.68 bits per heavy atom. The Labute approximate surface area is 162 Å². The van der Waals surface area contributed by atoms with E-state index in [9.17, 15) is 14.9 Å². The standard InChI is InChI=1S/C19H23N5O4/c25-18(4-2-9-20-15-5-7-16(8-6-15)24(26)27)22-17-3-1-10-21-19(17)23-11-13-28-14-12-23/h1,3,5-8,10,20H,2,4,9,11-14H2,(H,22,25). The first-order valence-corrected chi connectivity index (χ1v) is 9.19. The highest BCUT2D eigenvalue weighted by Gasteiger charge is 2.17. The lowest BCUT2D eigenvalue weighted by atomic mass is 10.2. The fourth-order valence-electron chi connectivity index (χ4n) is 2.92. The molecule has 0 bridgehead atoms. The number of benzene rings is 1. The van der Waals surface area contributed by atoms with E-state index >= 15 is 0 Å². The SMILES string of the molecule is O=C(CCCNc1ccc([N+](=O)[O-])cc1)Nc1cccnc1N1CCOCC1. The summed E-state index contributed by atoms with van der Waals surface area (Å²) in [6.07, 6.45) is 2.71. The fourth-order valence-corrected chi connectivity index (χ4v) is 2.92. The Hall–Kier alpha value is -3.20. The number of ether oxygens (including phenoxy) is 1. The van der Waals surface area contributed by atoms with Gasteiger partial charge in [-0.25, -0.2) is 4.98 Å². The van der Waals surface area contributed by atoms with Crippen LogP contribution in [0.5, 0.6) is 0 Å². The minimum atomic E-state index is -0.433. The van der Waals surface area contributed by atoms with E-state index in [1.807, 2.05) is 6.07 Å². The second-order valence-corrected chi connectivity index (χ2v) is 6.36. The van der Waals surface area contributed by atoms with Crippen molar-refractivity contribution in [2.75, 3.05) is 48.4 Å². The van der Waals surface area contributed by atoms with Crippen molar-refractivity contribution < 1.29 is 14.5 Å². The zero-order chi connectivity index (χ0) is 19.8. The van der Waals surface area contributed by atoms with Crippen molar-refractivity contribution in [2.24, 2.45) is 0 Å². The summed E-state index contributed by atoms with van der Waals surface area (Å²) in [4.78, 5) is 29.0. The van der Waals surface area contributed by atoms with E-state index in [2.05, 4.69) is 20.5 Å². The Balaban J connectivity index is 1.45. The maximum atomic E-state index is 12.3. The predicted octanol–water partition coefficient (Wildman–Crippen LogP) is 2.66. The highest BCUT2D eigenvalue weighted by molar-refractivity contribution is 5.93. The van der Waals surface area contributed by atoms with E-state index in [1.165, 1.54) is 12.1 Å². The number of non-ortho nitro benzene ring substituents is 1. The number of pyridine rings is 1. The number of aromatic nitrogens is 1. The monoisotopic (exact) mass is 385 g/mol. The quantitative estimate of drug-likeness (QED) is 0.408. The third kappa shape index (κ3) is 5.40. The van der Waals surface area contributed by atoms with Gasteiger partial charge in [-0.2, -0.15) is 0 Å². The van der Waals surface area contributed by atoms with Gasteiger partial charge in [0, 0.05) is 50.1 Å². The summed E-state index contributed by atoms with van der Waals surface area (Å²) in [6.45, 7) is 3.39. The van der Waals surface area contributed by atoms with Crippen LogP contribution < -0.4 is 15.5 Å². The number of amides is 1. The molecule has 9 nitrogen and oxygen atoms in total. The highest BCUT2D eigenvalue weighted by atomic mass is 16.6. The van der Waals surface area contributed by atoms with Crippen LogP contribution in [0.4, 0.5) is 22.9 Å². The molecule has 1 aromatic carbocycles. The molecule has 0 spiro atoms. The third-order valence-corrected chi connectivity index (χ3v) is 4.36. The van der Waals surface area contributed by atoms with Crippen molar-refractivity contribution in [1.82, 2.24) is 4.98 Å². The number of rotatable bonds is 8. The van der Waals surface area contributed by atoms with Gasteiger partial charge in [0.25, 0.3) is 5.69 Å². The van der Waals surface area contributed by atoms with Crippen molar-refractivity contribution in [3.63, 3.8) is 0 Å². The van der Waals surface area contributed by atoms with Crippen LogP contribution >= 0.6 is 0 Å². The van der Waals surface area contributed by atoms with Crippen molar-refractivity contribution in [3.05, 3.63) is 52.7 Å². The summed E-state index contributed by atoms with van der Waals surface area (Å²) < 4.78 is 5.37. The van der Waals surface area contributed by atoms with Crippen LogP contribution in [0.3, 0.4) is 0 Å². The molecule has 2 heterocycles. The van der Waals surface area contributed by atoms with Crippen molar-refractivity contribution in [3.8, 4) is 0 Å². The largest absolute Gasteiger partial charge is 0.385 e. The smallest absolute Gasteiger partial charge is 0.269 e. The lowest BCUT2D eigenvalue weighted by Crippen LogP contribution is -2.37. The summed E-state index contributed by atoms with van der Waals surface area (Å²) in [5.74, 6) is 0.691. The average Bonchev–Trinajstić information content (AvgIpc) is 2.72. The first kappa shape index (κ1) is 19.6. The Bertz CT molecular complexity index is 806. The Morgan fingerprint density at radius 2 is 1.96 bits per heavy atom.